The number of hydrogen-bond acceptors (Lipinski definition) is 2. The first-order valence-electron chi connectivity index (χ1n) is 8.26. The second-order valence-electron chi connectivity index (χ2n) is 6.10. The van der Waals surface area contributed by atoms with Crippen LogP contribution in [0.4, 0.5) is 13.2 Å². The first-order chi connectivity index (χ1) is 10.9. The summed E-state index contributed by atoms with van der Waals surface area (Å²) in [5.74, 6) is 0.935. The summed E-state index contributed by atoms with van der Waals surface area (Å²) in [4.78, 5) is 17.9. The quantitative estimate of drug-likeness (QED) is 0.796. The molecular weight excluding hydrogens is 307 g/mol. The van der Waals surface area contributed by atoms with Crippen LogP contribution in [0.25, 0.3) is 0 Å². The molecule has 0 radical (unpaired) electrons. The Balaban J connectivity index is 1.84. The third-order valence-corrected chi connectivity index (χ3v) is 4.34. The number of piperidine rings is 1. The summed E-state index contributed by atoms with van der Waals surface area (Å²) in [6, 6.07) is 0. The van der Waals surface area contributed by atoms with Gasteiger partial charge in [-0.2, -0.15) is 13.2 Å². The molecule has 2 rings (SSSR count). The highest BCUT2D eigenvalue weighted by Crippen LogP contribution is 2.28. The van der Waals surface area contributed by atoms with E-state index in [1.54, 1.807) is 11.1 Å². The van der Waals surface area contributed by atoms with Gasteiger partial charge in [-0.05, 0) is 19.3 Å². The number of hydrogen-bond donors (Lipinski definition) is 0. The van der Waals surface area contributed by atoms with Gasteiger partial charge in [0.1, 0.15) is 5.82 Å². The fourth-order valence-electron chi connectivity index (χ4n) is 2.99. The highest BCUT2D eigenvalue weighted by Gasteiger charge is 2.31. The van der Waals surface area contributed by atoms with Gasteiger partial charge in [0.05, 0.1) is 6.42 Å². The third kappa shape index (κ3) is 5.25. The van der Waals surface area contributed by atoms with E-state index in [-0.39, 0.29) is 5.92 Å². The molecule has 0 aliphatic carbocycles. The highest BCUT2D eigenvalue weighted by atomic mass is 19.4. The molecule has 7 heteroatoms. The molecule has 0 atom stereocenters. The largest absolute Gasteiger partial charge is 0.389 e. The number of carbonyl (C=O) groups excluding carboxylic acids is 1. The number of aryl methyl sites for hydroxylation is 1. The van der Waals surface area contributed by atoms with E-state index in [2.05, 4.69) is 16.5 Å². The highest BCUT2D eigenvalue weighted by molar-refractivity contribution is 5.76. The molecule has 0 unspecified atom stereocenters. The lowest BCUT2D eigenvalue weighted by Crippen LogP contribution is -2.38. The standard InChI is InChI=1S/C16H24F3N3O/c1-2-3-9-22-12-8-20-15(22)13-5-10-21(11-6-13)14(23)4-7-16(17,18)19/h8,12-13H,2-7,9-11H2,1H3. The van der Waals surface area contributed by atoms with Crippen LogP contribution in [0.2, 0.25) is 0 Å². The molecule has 2 heterocycles. The molecular formula is C16H24F3N3O. The van der Waals surface area contributed by atoms with Gasteiger partial charge < -0.3 is 9.47 Å². The Kier molecular flexibility index (Phi) is 6.07. The van der Waals surface area contributed by atoms with E-state index in [1.807, 2.05) is 6.20 Å². The number of rotatable bonds is 6. The van der Waals surface area contributed by atoms with Gasteiger partial charge in [0.2, 0.25) is 5.91 Å². The van der Waals surface area contributed by atoms with E-state index in [0.717, 1.165) is 38.1 Å². The lowest BCUT2D eigenvalue weighted by atomic mass is 9.95. The van der Waals surface area contributed by atoms with Gasteiger partial charge in [-0.3, -0.25) is 4.79 Å². The SMILES string of the molecule is CCCCn1ccnc1C1CCN(C(=O)CCC(F)(F)F)CC1. The van der Waals surface area contributed by atoms with Crippen molar-refractivity contribution in [3.63, 3.8) is 0 Å². The van der Waals surface area contributed by atoms with Crippen LogP contribution < -0.4 is 0 Å². The molecule has 1 saturated heterocycles. The zero-order valence-electron chi connectivity index (χ0n) is 13.5. The van der Waals surface area contributed by atoms with Crippen LogP contribution in [0, 0.1) is 0 Å². The van der Waals surface area contributed by atoms with Crippen molar-refractivity contribution in [3.8, 4) is 0 Å². The molecule has 0 spiro atoms. The maximum Gasteiger partial charge on any atom is 0.389 e. The van der Waals surface area contributed by atoms with Crippen molar-refractivity contribution in [2.24, 2.45) is 0 Å². The number of likely N-dealkylation sites (tertiary alicyclic amines) is 1. The molecule has 0 saturated carbocycles. The fourth-order valence-corrected chi connectivity index (χ4v) is 2.99. The predicted octanol–water partition coefficient (Wildman–Crippen LogP) is 3.73. The minimum Gasteiger partial charge on any atom is -0.343 e. The summed E-state index contributed by atoms with van der Waals surface area (Å²) < 4.78 is 38.7. The van der Waals surface area contributed by atoms with Crippen LogP contribution in [0.3, 0.4) is 0 Å². The van der Waals surface area contributed by atoms with Gasteiger partial charge in [-0.1, -0.05) is 13.3 Å². The summed E-state index contributed by atoms with van der Waals surface area (Å²) in [6.45, 7) is 4.11. The fraction of sp³-hybridized carbons (Fsp3) is 0.750. The van der Waals surface area contributed by atoms with E-state index in [1.165, 1.54) is 0 Å². The van der Waals surface area contributed by atoms with Crippen molar-refractivity contribution in [2.75, 3.05) is 13.1 Å². The number of halogens is 3. The van der Waals surface area contributed by atoms with Crippen molar-refractivity contribution in [2.45, 2.75) is 64.1 Å². The normalized spacial score (nSPS) is 16.8. The lowest BCUT2D eigenvalue weighted by Gasteiger charge is -2.32. The monoisotopic (exact) mass is 331 g/mol. The topological polar surface area (TPSA) is 38.1 Å². The first kappa shape index (κ1) is 17.8. The Morgan fingerprint density at radius 2 is 2.04 bits per heavy atom. The van der Waals surface area contributed by atoms with Crippen LogP contribution in [0.15, 0.2) is 12.4 Å². The molecule has 4 nitrogen and oxygen atoms in total. The molecule has 0 N–H and O–H groups in total. The summed E-state index contributed by atoms with van der Waals surface area (Å²) in [5, 5.41) is 0. The molecule has 23 heavy (non-hydrogen) atoms. The Morgan fingerprint density at radius 3 is 2.65 bits per heavy atom. The number of alkyl halides is 3. The molecule has 130 valence electrons. The zero-order chi connectivity index (χ0) is 16.9. The van der Waals surface area contributed by atoms with Crippen molar-refractivity contribution < 1.29 is 18.0 Å². The number of unbranched alkanes of at least 4 members (excludes halogenated alkanes) is 1. The van der Waals surface area contributed by atoms with E-state index in [0.29, 0.717) is 13.1 Å². The predicted molar refractivity (Wildman–Crippen MR) is 81.0 cm³/mol. The molecule has 0 bridgehead atoms. The van der Waals surface area contributed by atoms with Gasteiger partial charge in [-0.25, -0.2) is 4.98 Å². The second-order valence-corrected chi connectivity index (χ2v) is 6.10. The zero-order valence-corrected chi connectivity index (χ0v) is 13.5. The summed E-state index contributed by atoms with van der Waals surface area (Å²) >= 11 is 0. The minimum atomic E-state index is -4.27. The van der Waals surface area contributed by atoms with Gasteiger partial charge in [-0.15, -0.1) is 0 Å². The summed E-state index contributed by atoms with van der Waals surface area (Å²) in [7, 11) is 0. The maximum absolute atomic E-state index is 12.2. The van der Waals surface area contributed by atoms with Crippen LogP contribution in [0.5, 0.6) is 0 Å². The number of aromatic nitrogens is 2. The molecule has 0 aromatic carbocycles. The minimum absolute atomic E-state index is 0.286. The van der Waals surface area contributed by atoms with E-state index < -0.39 is 24.9 Å². The number of carbonyl (C=O) groups is 1. The molecule has 1 amide bonds. The van der Waals surface area contributed by atoms with Crippen LogP contribution in [0.1, 0.15) is 57.2 Å². The Labute approximate surface area is 134 Å². The molecule has 1 aromatic rings. The molecule has 1 aromatic heterocycles. The van der Waals surface area contributed by atoms with E-state index in [9.17, 15) is 18.0 Å². The van der Waals surface area contributed by atoms with Gasteiger partial charge in [0, 0.05) is 44.4 Å². The van der Waals surface area contributed by atoms with Crippen LogP contribution in [-0.4, -0.2) is 39.6 Å². The first-order valence-corrected chi connectivity index (χ1v) is 8.26. The van der Waals surface area contributed by atoms with Crippen LogP contribution in [-0.2, 0) is 11.3 Å². The van der Waals surface area contributed by atoms with Crippen molar-refractivity contribution in [1.29, 1.82) is 0 Å². The number of imidazole rings is 1. The molecule has 1 aliphatic heterocycles. The van der Waals surface area contributed by atoms with Crippen LogP contribution >= 0.6 is 0 Å². The Hall–Kier alpha value is -1.53. The van der Waals surface area contributed by atoms with Gasteiger partial charge in [0.15, 0.2) is 0 Å². The lowest BCUT2D eigenvalue weighted by molar-refractivity contribution is -0.149. The maximum atomic E-state index is 12.2. The number of amides is 1. The van der Waals surface area contributed by atoms with Crippen molar-refractivity contribution in [1.82, 2.24) is 14.5 Å². The van der Waals surface area contributed by atoms with Crippen molar-refractivity contribution >= 4 is 5.91 Å². The van der Waals surface area contributed by atoms with Gasteiger partial charge in [0.25, 0.3) is 0 Å². The Morgan fingerprint density at radius 1 is 1.35 bits per heavy atom. The third-order valence-electron chi connectivity index (χ3n) is 4.34. The smallest absolute Gasteiger partial charge is 0.343 e. The summed E-state index contributed by atoms with van der Waals surface area (Å²) in [6.07, 6.45) is 1.77. The second kappa shape index (κ2) is 7.84. The van der Waals surface area contributed by atoms with E-state index in [4.69, 9.17) is 0 Å². The number of nitrogens with zero attached hydrogens (tertiary/aromatic N) is 3. The average Bonchev–Trinajstić information content (AvgIpc) is 2.98. The summed E-state index contributed by atoms with van der Waals surface area (Å²) in [5.41, 5.74) is 0. The van der Waals surface area contributed by atoms with E-state index >= 15 is 0 Å². The van der Waals surface area contributed by atoms with Gasteiger partial charge >= 0.3 is 6.18 Å². The Bertz CT molecular complexity index is 505. The molecule has 1 aliphatic rings. The van der Waals surface area contributed by atoms with Crippen molar-refractivity contribution in [3.05, 3.63) is 18.2 Å². The average molecular weight is 331 g/mol. The molecule has 1 fully saturated rings.